The van der Waals surface area contributed by atoms with Crippen molar-refractivity contribution in [2.24, 2.45) is 16.8 Å². The van der Waals surface area contributed by atoms with Crippen LogP contribution in [0.3, 0.4) is 0 Å². The number of guanidine groups is 1. The van der Waals surface area contributed by atoms with Crippen LogP contribution in [0.5, 0.6) is 0 Å². The number of ether oxygens (including phenoxy) is 2. The first-order chi connectivity index (χ1) is 7.36. The second-order valence-corrected chi connectivity index (χ2v) is 3.48. The van der Waals surface area contributed by atoms with Gasteiger partial charge in [0.1, 0.15) is 0 Å². The number of rotatable bonds is 5. The molecule has 0 aliphatic carbocycles. The highest BCUT2D eigenvalue weighted by Crippen LogP contribution is 2.11. The Morgan fingerprint density at radius 2 is 2.53 bits per heavy atom. The first-order valence-electron chi connectivity index (χ1n) is 5.18. The van der Waals surface area contributed by atoms with Crippen LogP contribution in [0.2, 0.25) is 0 Å². The molecule has 4 N–H and O–H groups in total. The molecule has 0 amide bonds. The molecule has 0 aromatic carbocycles. The highest BCUT2D eigenvalue weighted by atomic mass is 16.5. The summed E-state index contributed by atoms with van der Waals surface area (Å²) in [5.74, 6) is 6.46. The van der Waals surface area contributed by atoms with Crippen LogP contribution < -0.4 is 16.6 Å². The summed E-state index contributed by atoms with van der Waals surface area (Å²) in [6.45, 7) is 3.73. The van der Waals surface area contributed by atoms with Crippen LogP contribution in [0, 0.1) is 5.92 Å². The highest BCUT2D eigenvalue weighted by molar-refractivity contribution is 5.79. The number of nitrogens with two attached hydrogens (primary N) is 1. The van der Waals surface area contributed by atoms with Gasteiger partial charge in [0.15, 0.2) is 0 Å². The van der Waals surface area contributed by atoms with Gasteiger partial charge in [-0.25, -0.2) is 5.84 Å². The lowest BCUT2D eigenvalue weighted by Crippen LogP contribution is -2.43. The summed E-state index contributed by atoms with van der Waals surface area (Å²) < 4.78 is 10.2. The summed E-state index contributed by atoms with van der Waals surface area (Å²) in [7, 11) is 1.66. The van der Waals surface area contributed by atoms with Gasteiger partial charge in [0.2, 0.25) is 5.96 Å². The van der Waals surface area contributed by atoms with E-state index in [1.807, 2.05) is 0 Å². The Bertz CT molecular complexity index is 193. The van der Waals surface area contributed by atoms with Crippen molar-refractivity contribution >= 4 is 5.96 Å². The quantitative estimate of drug-likeness (QED) is 0.182. The minimum atomic E-state index is 0.526. The van der Waals surface area contributed by atoms with Gasteiger partial charge in [0, 0.05) is 32.7 Å². The predicted molar refractivity (Wildman–Crippen MR) is 58.4 cm³/mol. The molecule has 1 rings (SSSR count). The Morgan fingerprint density at radius 1 is 1.67 bits per heavy atom. The zero-order chi connectivity index (χ0) is 10.9. The molecule has 0 spiro atoms. The molecule has 15 heavy (non-hydrogen) atoms. The van der Waals surface area contributed by atoms with Crippen LogP contribution in [0.15, 0.2) is 4.99 Å². The maximum absolute atomic E-state index is 5.32. The molecule has 0 aromatic rings. The Balaban J connectivity index is 2.19. The number of hydrogen-bond acceptors (Lipinski definition) is 4. The molecular formula is C9H20N4O2. The van der Waals surface area contributed by atoms with Crippen molar-refractivity contribution in [3.8, 4) is 0 Å². The Labute approximate surface area is 90.2 Å². The lowest BCUT2D eigenvalue weighted by atomic mass is 10.1. The Hall–Kier alpha value is -0.850. The summed E-state index contributed by atoms with van der Waals surface area (Å²) >= 11 is 0. The van der Waals surface area contributed by atoms with Crippen molar-refractivity contribution in [2.45, 2.75) is 6.42 Å². The van der Waals surface area contributed by atoms with E-state index >= 15 is 0 Å². The topological polar surface area (TPSA) is 80.9 Å². The Morgan fingerprint density at radius 3 is 3.13 bits per heavy atom. The molecule has 1 aliphatic rings. The minimum absolute atomic E-state index is 0.526. The van der Waals surface area contributed by atoms with Crippen molar-refractivity contribution in [2.75, 3.05) is 40.0 Å². The maximum Gasteiger partial charge on any atom is 0.205 e. The maximum atomic E-state index is 5.32. The third-order valence-corrected chi connectivity index (χ3v) is 2.27. The van der Waals surface area contributed by atoms with Gasteiger partial charge in [0.25, 0.3) is 0 Å². The summed E-state index contributed by atoms with van der Waals surface area (Å²) in [6.07, 6.45) is 1.08. The predicted octanol–water partition coefficient (Wildman–Crippen LogP) is -0.922. The molecule has 1 fully saturated rings. The van der Waals surface area contributed by atoms with Crippen LogP contribution in [-0.2, 0) is 9.47 Å². The van der Waals surface area contributed by atoms with E-state index in [9.17, 15) is 0 Å². The van der Waals surface area contributed by atoms with E-state index in [1.54, 1.807) is 7.11 Å². The third-order valence-electron chi connectivity index (χ3n) is 2.27. The van der Waals surface area contributed by atoms with Gasteiger partial charge in [-0.3, -0.25) is 10.4 Å². The van der Waals surface area contributed by atoms with Gasteiger partial charge in [-0.05, 0) is 6.42 Å². The molecule has 0 aromatic heterocycles. The molecule has 1 unspecified atom stereocenters. The normalized spacial score (nSPS) is 21.7. The molecular weight excluding hydrogens is 196 g/mol. The molecule has 0 bridgehead atoms. The van der Waals surface area contributed by atoms with Gasteiger partial charge >= 0.3 is 0 Å². The number of hydrazine groups is 1. The van der Waals surface area contributed by atoms with E-state index < -0.39 is 0 Å². The first-order valence-corrected chi connectivity index (χ1v) is 5.18. The number of hydrogen-bond donors (Lipinski definition) is 3. The van der Waals surface area contributed by atoms with Gasteiger partial charge in [0.05, 0.1) is 13.2 Å². The lowest BCUT2D eigenvalue weighted by molar-refractivity contribution is 0.187. The fourth-order valence-corrected chi connectivity index (χ4v) is 1.37. The van der Waals surface area contributed by atoms with E-state index in [0.29, 0.717) is 25.0 Å². The molecule has 1 atom stereocenters. The molecule has 6 heteroatoms. The molecule has 0 radical (unpaired) electrons. The van der Waals surface area contributed by atoms with Crippen LogP contribution in [0.4, 0.5) is 0 Å². The largest absolute Gasteiger partial charge is 0.383 e. The zero-order valence-electron chi connectivity index (χ0n) is 9.16. The monoisotopic (exact) mass is 216 g/mol. The van der Waals surface area contributed by atoms with Crippen LogP contribution in [0.25, 0.3) is 0 Å². The van der Waals surface area contributed by atoms with Crippen LogP contribution >= 0.6 is 0 Å². The summed E-state index contributed by atoms with van der Waals surface area (Å²) in [4.78, 5) is 4.33. The van der Waals surface area contributed by atoms with Gasteiger partial charge in [-0.2, -0.15) is 0 Å². The summed E-state index contributed by atoms with van der Waals surface area (Å²) in [6, 6.07) is 0. The molecule has 88 valence electrons. The van der Waals surface area contributed by atoms with Crippen molar-refractivity contribution in [3.63, 3.8) is 0 Å². The van der Waals surface area contributed by atoms with Gasteiger partial charge < -0.3 is 14.8 Å². The third kappa shape index (κ3) is 4.96. The summed E-state index contributed by atoms with van der Waals surface area (Å²) in [5.41, 5.74) is 2.53. The fraction of sp³-hybridized carbons (Fsp3) is 0.889. The average molecular weight is 216 g/mol. The van der Waals surface area contributed by atoms with E-state index in [1.165, 1.54) is 0 Å². The van der Waals surface area contributed by atoms with E-state index in [2.05, 4.69) is 15.7 Å². The number of nitrogens with one attached hydrogen (secondary N) is 2. The summed E-state index contributed by atoms with van der Waals surface area (Å²) in [5, 5.41) is 3.04. The molecule has 1 heterocycles. The van der Waals surface area contributed by atoms with Crippen LogP contribution in [-0.4, -0.2) is 46.0 Å². The molecule has 0 saturated carbocycles. The Kier molecular flexibility index (Phi) is 6.06. The fourth-order valence-electron chi connectivity index (χ4n) is 1.37. The van der Waals surface area contributed by atoms with Crippen molar-refractivity contribution in [1.29, 1.82) is 0 Å². The standard InChI is InChI=1S/C9H20N4O2/c1-14-5-3-11-9(13-10)12-6-8-2-4-15-7-8/h8H,2-7,10H2,1H3,(H2,11,12,13). The number of aliphatic imine (C=N–C) groups is 1. The van der Waals surface area contributed by atoms with E-state index in [4.69, 9.17) is 15.3 Å². The lowest BCUT2D eigenvalue weighted by Gasteiger charge is -2.09. The minimum Gasteiger partial charge on any atom is -0.383 e. The smallest absolute Gasteiger partial charge is 0.205 e. The van der Waals surface area contributed by atoms with Gasteiger partial charge in [-0.15, -0.1) is 0 Å². The second-order valence-electron chi connectivity index (χ2n) is 3.48. The van der Waals surface area contributed by atoms with E-state index in [-0.39, 0.29) is 0 Å². The van der Waals surface area contributed by atoms with Crippen molar-refractivity contribution in [1.82, 2.24) is 10.7 Å². The SMILES string of the molecule is COCCNC(=NCC1CCOC1)NN. The molecule has 1 saturated heterocycles. The molecule has 1 aliphatic heterocycles. The van der Waals surface area contributed by atoms with E-state index in [0.717, 1.165) is 26.2 Å². The molecule has 6 nitrogen and oxygen atoms in total. The average Bonchev–Trinajstić information content (AvgIpc) is 2.76. The van der Waals surface area contributed by atoms with Crippen molar-refractivity contribution in [3.05, 3.63) is 0 Å². The van der Waals surface area contributed by atoms with Crippen LogP contribution in [0.1, 0.15) is 6.42 Å². The second kappa shape index (κ2) is 7.44. The highest BCUT2D eigenvalue weighted by Gasteiger charge is 2.14. The zero-order valence-corrected chi connectivity index (χ0v) is 9.16. The van der Waals surface area contributed by atoms with Crippen molar-refractivity contribution < 1.29 is 9.47 Å². The number of methoxy groups -OCH3 is 1. The first kappa shape index (κ1) is 12.2. The van der Waals surface area contributed by atoms with Gasteiger partial charge in [-0.1, -0.05) is 0 Å². The number of nitrogens with zero attached hydrogens (tertiary/aromatic N) is 1.